The molecule has 1 aliphatic rings. The lowest BCUT2D eigenvalue weighted by molar-refractivity contribution is 0.00560. The molecule has 0 N–H and O–H groups in total. The fraction of sp³-hybridized carbons (Fsp3) is 0.625. The van der Waals surface area contributed by atoms with Crippen molar-refractivity contribution in [2.24, 2.45) is 0 Å². The second kappa shape index (κ2) is 6.63. The molecule has 0 bridgehead atoms. The molecule has 0 aliphatic carbocycles. The Labute approximate surface area is 144 Å². The molecule has 2 heterocycles. The fourth-order valence-electron chi connectivity index (χ4n) is 2.80. The van der Waals surface area contributed by atoms with Gasteiger partial charge in [0.25, 0.3) is 0 Å². The summed E-state index contributed by atoms with van der Waals surface area (Å²) in [6.45, 7) is 10.6. The molecule has 2 atom stereocenters. The molecule has 0 unspecified atom stereocenters. The van der Waals surface area contributed by atoms with Gasteiger partial charge >= 0.3 is 6.09 Å². The molecule has 1 fully saturated rings. The van der Waals surface area contributed by atoms with Crippen molar-refractivity contribution in [1.82, 2.24) is 9.88 Å². The van der Waals surface area contributed by atoms with E-state index in [2.05, 4.69) is 20.9 Å². The number of nitrogens with zero attached hydrogens (tertiary/aromatic N) is 3. The van der Waals surface area contributed by atoms with Crippen LogP contribution in [0.25, 0.3) is 0 Å². The molecule has 128 valence electrons. The Balaban J connectivity index is 2.14. The fourth-order valence-corrected chi connectivity index (χ4v) is 3.20. The second-order valence-corrected chi connectivity index (χ2v) is 7.77. The van der Waals surface area contributed by atoms with Crippen molar-refractivity contribution in [3.63, 3.8) is 0 Å². The molecule has 0 spiro atoms. The quantitative estimate of drug-likeness (QED) is 0.687. The second-order valence-electron chi connectivity index (χ2n) is 6.96. The van der Waals surface area contributed by atoms with E-state index in [9.17, 15) is 9.18 Å². The van der Waals surface area contributed by atoms with Crippen LogP contribution in [0.4, 0.5) is 15.0 Å². The minimum absolute atomic E-state index is 0.0579. The van der Waals surface area contributed by atoms with Gasteiger partial charge in [0.1, 0.15) is 21.8 Å². The smallest absolute Gasteiger partial charge is 0.410 e. The van der Waals surface area contributed by atoms with Crippen LogP contribution in [0.5, 0.6) is 0 Å². The lowest BCUT2D eigenvalue weighted by atomic mass is 10.1. The van der Waals surface area contributed by atoms with E-state index < -0.39 is 5.60 Å². The third-order valence-corrected chi connectivity index (χ3v) is 4.00. The van der Waals surface area contributed by atoms with Crippen molar-refractivity contribution in [3.8, 4) is 0 Å². The summed E-state index contributed by atoms with van der Waals surface area (Å²) in [5, 5.41) is 0. The molecule has 1 amide bonds. The first kappa shape index (κ1) is 18.0. The van der Waals surface area contributed by atoms with Gasteiger partial charge in [0.15, 0.2) is 0 Å². The zero-order valence-electron chi connectivity index (χ0n) is 14.1. The van der Waals surface area contributed by atoms with Crippen LogP contribution in [0.3, 0.4) is 0 Å². The standard InChI is InChI=1S/C16H23BrFN3O2/c1-10-8-20(14-7-12(18)6-13(17)19-14)9-11(2)21(10)15(22)23-16(3,4)5/h6-7,10-11H,8-9H2,1-5H3/t10-,11+. The Morgan fingerprint density at radius 1 is 1.30 bits per heavy atom. The molecule has 0 radical (unpaired) electrons. The topological polar surface area (TPSA) is 45.7 Å². The molecule has 1 aromatic heterocycles. The summed E-state index contributed by atoms with van der Waals surface area (Å²) in [5.74, 6) is 0.233. The highest BCUT2D eigenvalue weighted by atomic mass is 79.9. The van der Waals surface area contributed by atoms with Crippen molar-refractivity contribution in [3.05, 3.63) is 22.6 Å². The van der Waals surface area contributed by atoms with Crippen LogP contribution in [0.1, 0.15) is 34.6 Å². The first-order valence-electron chi connectivity index (χ1n) is 7.66. The van der Waals surface area contributed by atoms with E-state index in [1.54, 1.807) is 4.90 Å². The van der Waals surface area contributed by atoms with Gasteiger partial charge < -0.3 is 9.64 Å². The van der Waals surface area contributed by atoms with Crippen molar-refractivity contribution in [2.45, 2.75) is 52.3 Å². The molecule has 5 nitrogen and oxygen atoms in total. The summed E-state index contributed by atoms with van der Waals surface area (Å²) >= 11 is 3.22. The lowest BCUT2D eigenvalue weighted by Crippen LogP contribution is -2.59. The zero-order chi connectivity index (χ0) is 17.4. The van der Waals surface area contributed by atoms with E-state index in [4.69, 9.17) is 4.74 Å². The molecule has 7 heteroatoms. The predicted octanol–water partition coefficient (Wildman–Crippen LogP) is 3.82. The Morgan fingerprint density at radius 3 is 2.35 bits per heavy atom. The number of amides is 1. The molecular formula is C16H23BrFN3O2. The molecular weight excluding hydrogens is 365 g/mol. The minimum Gasteiger partial charge on any atom is -0.444 e. The van der Waals surface area contributed by atoms with E-state index in [-0.39, 0.29) is 24.0 Å². The van der Waals surface area contributed by atoms with E-state index in [0.29, 0.717) is 23.5 Å². The highest BCUT2D eigenvalue weighted by Crippen LogP contribution is 2.25. The van der Waals surface area contributed by atoms with Gasteiger partial charge in [-0.25, -0.2) is 14.2 Å². The number of rotatable bonds is 1. The van der Waals surface area contributed by atoms with Crippen LogP contribution < -0.4 is 4.90 Å². The lowest BCUT2D eigenvalue weighted by Gasteiger charge is -2.44. The zero-order valence-corrected chi connectivity index (χ0v) is 15.7. The van der Waals surface area contributed by atoms with Crippen LogP contribution in [0, 0.1) is 5.82 Å². The highest BCUT2D eigenvalue weighted by molar-refractivity contribution is 9.10. The van der Waals surface area contributed by atoms with Gasteiger partial charge in [-0.05, 0) is 50.5 Å². The summed E-state index contributed by atoms with van der Waals surface area (Å²) in [5.41, 5.74) is -0.525. The van der Waals surface area contributed by atoms with E-state index in [0.717, 1.165) is 0 Å². The Kier molecular flexibility index (Phi) is 5.18. The molecule has 1 aliphatic heterocycles. The van der Waals surface area contributed by atoms with Crippen LogP contribution in [-0.2, 0) is 4.74 Å². The maximum atomic E-state index is 13.6. The normalized spacial score (nSPS) is 22.2. The third-order valence-electron chi connectivity index (χ3n) is 3.59. The largest absolute Gasteiger partial charge is 0.444 e. The van der Waals surface area contributed by atoms with Crippen molar-refractivity contribution < 1.29 is 13.9 Å². The summed E-state index contributed by atoms with van der Waals surface area (Å²) < 4.78 is 19.5. The van der Waals surface area contributed by atoms with Crippen LogP contribution in [-0.4, -0.2) is 46.8 Å². The molecule has 23 heavy (non-hydrogen) atoms. The molecule has 2 rings (SSSR count). The van der Waals surface area contributed by atoms with E-state index >= 15 is 0 Å². The van der Waals surface area contributed by atoms with Gasteiger partial charge in [-0.2, -0.15) is 0 Å². The first-order valence-corrected chi connectivity index (χ1v) is 8.45. The first-order chi connectivity index (χ1) is 10.6. The molecule has 1 aromatic rings. The van der Waals surface area contributed by atoms with Gasteiger partial charge in [-0.3, -0.25) is 4.90 Å². The molecule has 0 aromatic carbocycles. The van der Waals surface area contributed by atoms with Crippen LogP contribution in [0.2, 0.25) is 0 Å². The Morgan fingerprint density at radius 2 is 1.87 bits per heavy atom. The Hall–Kier alpha value is -1.37. The number of hydrogen-bond acceptors (Lipinski definition) is 4. The number of carbonyl (C=O) groups excluding carboxylic acids is 1. The number of ether oxygens (including phenoxy) is 1. The maximum Gasteiger partial charge on any atom is 0.410 e. The average Bonchev–Trinajstić information content (AvgIpc) is 2.34. The van der Waals surface area contributed by atoms with Gasteiger partial charge in [-0.15, -0.1) is 0 Å². The molecule has 0 saturated carbocycles. The van der Waals surface area contributed by atoms with Crippen molar-refractivity contribution in [2.75, 3.05) is 18.0 Å². The maximum absolute atomic E-state index is 13.6. The number of pyridine rings is 1. The predicted molar refractivity (Wildman–Crippen MR) is 91.1 cm³/mol. The number of anilines is 1. The van der Waals surface area contributed by atoms with Gasteiger partial charge in [0, 0.05) is 25.2 Å². The summed E-state index contributed by atoms with van der Waals surface area (Å²) in [6.07, 6.45) is -0.314. The van der Waals surface area contributed by atoms with E-state index in [1.807, 2.05) is 39.5 Å². The van der Waals surface area contributed by atoms with Crippen LogP contribution in [0.15, 0.2) is 16.7 Å². The summed E-state index contributed by atoms with van der Waals surface area (Å²) in [4.78, 5) is 20.4. The van der Waals surface area contributed by atoms with Gasteiger partial charge in [0.2, 0.25) is 0 Å². The number of carbonyl (C=O) groups is 1. The number of piperazine rings is 1. The van der Waals surface area contributed by atoms with Gasteiger partial charge in [0.05, 0.1) is 12.1 Å². The van der Waals surface area contributed by atoms with Gasteiger partial charge in [-0.1, -0.05) is 0 Å². The average molecular weight is 388 g/mol. The van der Waals surface area contributed by atoms with Crippen molar-refractivity contribution in [1.29, 1.82) is 0 Å². The number of halogens is 2. The number of aromatic nitrogens is 1. The Bertz CT molecular complexity index is 559. The monoisotopic (exact) mass is 387 g/mol. The van der Waals surface area contributed by atoms with Crippen molar-refractivity contribution >= 4 is 27.8 Å². The molecule has 1 saturated heterocycles. The summed E-state index contributed by atoms with van der Waals surface area (Å²) in [7, 11) is 0. The SMILES string of the molecule is C[C@@H]1CN(c2cc(F)cc(Br)n2)C[C@H](C)N1C(=O)OC(C)(C)C. The summed E-state index contributed by atoms with van der Waals surface area (Å²) in [6, 6.07) is 2.62. The van der Waals surface area contributed by atoms with Crippen LogP contribution >= 0.6 is 15.9 Å². The van der Waals surface area contributed by atoms with E-state index in [1.165, 1.54) is 12.1 Å². The number of hydrogen-bond donors (Lipinski definition) is 0. The minimum atomic E-state index is -0.525. The third kappa shape index (κ3) is 4.56. The highest BCUT2D eigenvalue weighted by Gasteiger charge is 2.36.